The van der Waals surface area contributed by atoms with Crippen LogP contribution in [0.2, 0.25) is 0 Å². The van der Waals surface area contributed by atoms with Crippen molar-refractivity contribution in [1.82, 2.24) is 14.7 Å². The lowest BCUT2D eigenvalue weighted by Crippen LogP contribution is -2.64. The van der Waals surface area contributed by atoms with Crippen LogP contribution in [-0.2, 0) is 0 Å². The van der Waals surface area contributed by atoms with E-state index in [1.165, 1.54) is 10.8 Å². The molecule has 2 aliphatic heterocycles. The molecule has 4 aromatic carbocycles. The molecule has 0 N–H and O–H groups in total. The molecule has 0 bridgehead atoms. The van der Waals surface area contributed by atoms with E-state index in [4.69, 9.17) is 0 Å². The van der Waals surface area contributed by atoms with Gasteiger partial charge in [-0.2, -0.15) is 0 Å². The Morgan fingerprint density at radius 1 is 0.556 bits per heavy atom. The molecule has 5 heteroatoms. The molecule has 36 heavy (non-hydrogen) atoms. The first-order valence-corrected chi connectivity index (χ1v) is 12.6. The topological polar surface area (TPSA) is 43.9 Å². The van der Waals surface area contributed by atoms with E-state index in [1.807, 2.05) is 64.4 Å². The molecule has 6 rings (SSSR count). The standard InChI is InChI=1S/C31H29N3O2/c35-30(25-7-2-1-3-8-25)33-18-16-32(17-19-33)29-21-34(22-29)31(36)26-13-10-24(11-14-26)28-15-12-23-6-4-5-9-27(23)20-28/h1-15,20,29H,16-19,21-22H2. The van der Waals surface area contributed by atoms with E-state index in [1.54, 1.807) is 0 Å². The monoisotopic (exact) mass is 475 g/mol. The van der Waals surface area contributed by atoms with Crippen molar-refractivity contribution in [2.45, 2.75) is 6.04 Å². The first-order valence-electron chi connectivity index (χ1n) is 12.6. The summed E-state index contributed by atoms with van der Waals surface area (Å²) in [5.41, 5.74) is 3.75. The second-order valence-electron chi connectivity index (χ2n) is 9.70. The molecule has 0 radical (unpaired) electrons. The van der Waals surface area contributed by atoms with E-state index >= 15 is 0 Å². The van der Waals surface area contributed by atoms with Crippen LogP contribution in [0.4, 0.5) is 0 Å². The minimum Gasteiger partial charge on any atom is -0.336 e. The van der Waals surface area contributed by atoms with Gasteiger partial charge in [-0.05, 0) is 52.2 Å². The second kappa shape index (κ2) is 9.59. The van der Waals surface area contributed by atoms with Crippen molar-refractivity contribution < 1.29 is 9.59 Å². The summed E-state index contributed by atoms with van der Waals surface area (Å²) in [5, 5.41) is 2.44. The van der Waals surface area contributed by atoms with Crippen molar-refractivity contribution in [2.75, 3.05) is 39.3 Å². The van der Waals surface area contributed by atoms with E-state index in [0.29, 0.717) is 6.04 Å². The van der Waals surface area contributed by atoms with Gasteiger partial charge in [-0.25, -0.2) is 0 Å². The van der Waals surface area contributed by atoms with Gasteiger partial charge in [0.1, 0.15) is 0 Å². The molecule has 0 spiro atoms. The molecule has 2 aliphatic rings. The number of nitrogens with zero attached hydrogens (tertiary/aromatic N) is 3. The fraction of sp³-hybridized carbons (Fsp3) is 0.226. The smallest absolute Gasteiger partial charge is 0.253 e. The number of hydrogen-bond acceptors (Lipinski definition) is 3. The van der Waals surface area contributed by atoms with E-state index in [-0.39, 0.29) is 11.8 Å². The normalized spacial score (nSPS) is 16.7. The molecule has 0 aliphatic carbocycles. The third-order valence-corrected chi connectivity index (χ3v) is 7.50. The molecule has 0 saturated carbocycles. The first kappa shape index (κ1) is 22.5. The third-order valence-electron chi connectivity index (χ3n) is 7.50. The van der Waals surface area contributed by atoms with Crippen molar-refractivity contribution >= 4 is 22.6 Å². The van der Waals surface area contributed by atoms with Crippen molar-refractivity contribution in [1.29, 1.82) is 0 Å². The van der Waals surface area contributed by atoms with Gasteiger partial charge in [0.05, 0.1) is 0 Å². The quantitative estimate of drug-likeness (QED) is 0.426. The summed E-state index contributed by atoms with van der Waals surface area (Å²) in [6.45, 7) is 4.66. The number of likely N-dealkylation sites (tertiary alicyclic amines) is 1. The molecule has 4 aromatic rings. The van der Waals surface area contributed by atoms with Crippen LogP contribution in [0.15, 0.2) is 97.1 Å². The Morgan fingerprint density at radius 2 is 1.14 bits per heavy atom. The van der Waals surface area contributed by atoms with Gasteiger partial charge in [0.15, 0.2) is 0 Å². The van der Waals surface area contributed by atoms with E-state index < -0.39 is 0 Å². The molecule has 2 amide bonds. The van der Waals surface area contributed by atoms with Gasteiger partial charge < -0.3 is 9.80 Å². The Labute approximate surface area is 211 Å². The summed E-state index contributed by atoms with van der Waals surface area (Å²) < 4.78 is 0. The Kier molecular flexibility index (Phi) is 5.99. The van der Waals surface area contributed by atoms with Gasteiger partial charge in [0.25, 0.3) is 11.8 Å². The number of fused-ring (bicyclic) bond motifs is 1. The summed E-state index contributed by atoms with van der Waals surface area (Å²) >= 11 is 0. The number of rotatable bonds is 4. The molecule has 2 heterocycles. The Balaban J connectivity index is 1.02. The van der Waals surface area contributed by atoms with Gasteiger partial charge in [-0.3, -0.25) is 14.5 Å². The number of carbonyl (C=O) groups excluding carboxylic acids is 2. The second-order valence-corrected chi connectivity index (χ2v) is 9.70. The Bertz CT molecular complexity index is 1390. The molecular formula is C31H29N3O2. The Hall–Kier alpha value is -3.96. The maximum Gasteiger partial charge on any atom is 0.253 e. The maximum absolute atomic E-state index is 13.0. The van der Waals surface area contributed by atoms with Crippen LogP contribution in [0.5, 0.6) is 0 Å². The van der Waals surface area contributed by atoms with Gasteiger partial charge in [-0.1, -0.05) is 66.7 Å². The van der Waals surface area contributed by atoms with Crippen LogP contribution in [0.25, 0.3) is 21.9 Å². The van der Waals surface area contributed by atoms with Crippen molar-refractivity contribution in [3.05, 3.63) is 108 Å². The molecule has 180 valence electrons. The highest BCUT2D eigenvalue weighted by molar-refractivity contribution is 5.96. The predicted octanol–water partition coefficient (Wildman–Crippen LogP) is 4.79. The number of carbonyl (C=O) groups is 2. The third kappa shape index (κ3) is 4.38. The zero-order valence-corrected chi connectivity index (χ0v) is 20.2. The van der Waals surface area contributed by atoms with Crippen LogP contribution >= 0.6 is 0 Å². The molecule has 5 nitrogen and oxygen atoms in total. The first-order chi connectivity index (χ1) is 17.7. The van der Waals surface area contributed by atoms with Crippen LogP contribution in [-0.4, -0.2) is 71.8 Å². The molecule has 2 fully saturated rings. The minimum absolute atomic E-state index is 0.0919. The number of hydrogen-bond donors (Lipinski definition) is 0. The van der Waals surface area contributed by atoms with Crippen molar-refractivity contribution in [3.8, 4) is 11.1 Å². The van der Waals surface area contributed by atoms with E-state index in [0.717, 1.165) is 61.5 Å². The van der Waals surface area contributed by atoms with Crippen LogP contribution < -0.4 is 0 Å². The number of benzene rings is 4. The number of amides is 2. The molecule has 2 saturated heterocycles. The lowest BCUT2D eigenvalue weighted by atomic mass is 9.99. The van der Waals surface area contributed by atoms with Crippen LogP contribution in [0, 0.1) is 0 Å². The highest BCUT2D eigenvalue weighted by Gasteiger charge is 2.37. The summed E-state index contributed by atoms with van der Waals surface area (Å²) in [6.07, 6.45) is 0. The maximum atomic E-state index is 13.0. The fourth-order valence-corrected chi connectivity index (χ4v) is 5.26. The molecule has 0 atom stereocenters. The van der Waals surface area contributed by atoms with Crippen molar-refractivity contribution in [2.24, 2.45) is 0 Å². The molecular weight excluding hydrogens is 446 g/mol. The number of piperazine rings is 1. The summed E-state index contributed by atoms with van der Waals surface area (Å²) in [6, 6.07) is 32.6. The van der Waals surface area contributed by atoms with Crippen LogP contribution in [0.3, 0.4) is 0 Å². The average Bonchev–Trinajstić information content (AvgIpc) is 2.92. The van der Waals surface area contributed by atoms with Gasteiger partial charge in [0, 0.05) is 56.4 Å². The predicted molar refractivity (Wildman–Crippen MR) is 143 cm³/mol. The average molecular weight is 476 g/mol. The highest BCUT2D eigenvalue weighted by Crippen LogP contribution is 2.26. The van der Waals surface area contributed by atoms with Gasteiger partial charge in [0.2, 0.25) is 0 Å². The van der Waals surface area contributed by atoms with Crippen LogP contribution in [0.1, 0.15) is 20.7 Å². The van der Waals surface area contributed by atoms with E-state index in [9.17, 15) is 9.59 Å². The minimum atomic E-state index is 0.0919. The zero-order valence-electron chi connectivity index (χ0n) is 20.2. The van der Waals surface area contributed by atoms with E-state index in [2.05, 4.69) is 47.4 Å². The summed E-state index contributed by atoms with van der Waals surface area (Å²) in [4.78, 5) is 32.0. The molecule has 0 unspecified atom stereocenters. The highest BCUT2D eigenvalue weighted by atomic mass is 16.2. The van der Waals surface area contributed by atoms with Gasteiger partial charge >= 0.3 is 0 Å². The molecule has 0 aromatic heterocycles. The van der Waals surface area contributed by atoms with Gasteiger partial charge in [-0.15, -0.1) is 0 Å². The fourth-order valence-electron chi connectivity index (χ4n) is 5.26. The van der Waals surface area contributed by atoms with Crippen molar-refractivity contribution in [3.63, 3.8) is 0 Å². The summed E-state index contributed by atoms with van der Waals surface area (Å²) in [5.74, 6) is 0.196. The summed E-state index contributed by atoms with van der Waals surface area (Å²) in [7, 11) is 0. The lowest BCUT2D eigenvalue weighted by molar-refractivity contribution is 0.00854. The SMILES string of the molecule is O=C(c1ccccc1)N1CCN(C2CN(C(=O)c3ccc(-c4ccc5ccccc5c4)cc3)C2)CC1. The lowest BCUT2D eigenvalue weighted by Gasteiger charge is -2.48. The Morgan fingerprint density at radius 3 is 1.86 bits per heavy atom. The zero-order chi connectivity index (χ0) is 24.5. The largest absolute Gasteiger partial charge is 0.336 e.